The third kappa shape index (κ3) is 4.45. The normalized spacial score (nSPS) is 19.2. The summed E-state index contributed by atoms with van der Waals surface area (Å²) in [6.45, 7) is 2.19. The first-order valence-corrected chi connectivity index (χ1v) is 10.7. The van der Waals surface area contributed by atoms with E-state index in [-0.39, 0.29) is 11.8 Å². The van der Waals surface area contributed by atoms with Gasteiger partial charge in [-0.2, -0.15) is 0 Å². The molecule has 3 N–H and O–H groups in total. The smallest absolute Gasteiger partial charge is 0.279 e. The summed E-state index contributed by atoms with van der Waals surface area (Å²) >= 11 is 0. The molecule has 0 bridgehead atoms. The van der Waals surface area contributed by atoms with Gasteiger partial charge in [-0.3, -0.25) is 4.79 Å². The van der Waals surface area contributed by atoms with E-state index < -0.39 is 5.60 Å². The quantitative estimate of drug-likeness (QED) is 0.595. The Kier molecular flexibility index (Phi) is 6.26. The van der Waals surface area contributed by atoms with Gasteiger partial charge in [0.15, 0.2) is 6.54 Å². The van der Waals surface area contributed by atoms with Crippen LogP contribution in [0.4, 0.5) is 5.69 Å². The van der Waals surface area contributed by atoms with Crippen LogP contribution in [0.2, 0.25) is 0 Å². The molecule has 1 aliphatic heterocycles. The van der Waals surface area contributed by atoms with Crippen LogP contribution in [0.5, 0.6) is 0 Å². The lowest BCUT2D eigenvalue weighted by molar-refractivity contribution is -0.898. The molecule has 4 rings (SSSR count). The average Bonchev–Trinajstić information content (AvgIpc) is 2.81. The lowest BCUT2D eigenvalue weighted by Crippen LogP contribution is -3.14. The lowest BCUT2D eigenvalue weighted by atomic mass is 9.72. The van der Waals surface area contributed by atoms with Crippen molar-refractivity contribution in [1.82, 2.24) is 0 Å². The second-order valence-corrected chi connectivity index (χ2v) is 8.11. The Bertz CT molecular complexity index is 897. The fourth-order valence-corrected chi connectivity index (χ4v) is 4.60. The van der Waals surface area contributed by atoms with Crippen LogP contribution in [-0.4, -0.2) is 30.6 Å². The number of nitrogens with one attached hydrogen (secondary N) is 2. The van der Waals surface area contributed by atoms with E-state index >= 15 is 0 Å². The van der Waals surface area contributed by atoms with Crippen LogP contribution in [0, 0.1) is 5.92 Å². The van der Waals surface area contributed by atoms with Gasteiger partial charge >= 0.3 is 0 Å². The Hall–Kier alpha value is -2.95. The van der Waals surface area contributed by atoms with E-state index in [0.717, 1.165) is 42.7 Å². The number of hydrogen-bond acceptors (Lipinski definition) is 2. The number of hydrogen-bond donors (Lipinski definition) is 3. The van der Waals surface area contributed by atoms with Gasteiger partial charge in [0, 0.05) is 24.4 Å². The summed E-state index contributed by atoms with van der Waals surface area (Å²) in [5, 5.41) is 14.9. The van der Waals surface area contributed by atoms with Gasteiger partial charge in [-0.25, -0.2) is 0 Å². The summed E-state index contributed by atoms with van der Waals surface area (Å²) in [5.74, 6) is 0.152. The number of anilines is 1. The maximum atomic E-state index is 12.4. The molecule has 1 heterocycles. The summed E-state index contributed by atoms with van der Waals surface area (Å²) < 4.78 is 0. The zero-order chi connectivity index (χ0) is 20.8. The molecule has 1 amide bonds. The molecule has 0 saturated carbocycles. The van der Waals surface area contributed by atoms with E-state index in [2.05, 4.69) is 5.32 Å². The Morgan fingerprint density at radius 1 is 0.833 bits per heavy atom. The minimum Gasteiger partial charge on any atom is -0.380 e. The first kappa shape index (κ1) is 20.3. The van der Waals surface area contributed by atoms with Gasteiger partial charge < -0.3 is 15.3 Å². The number of para-hydroxylation sites is 1. The van der Waals surface area contributed by atoms with Crippen molar-refractivity contribution in [2.75, 3.05) is 25.0 Å². The van der Waals surface area contributed by atoms with Crippen molar-refractivity contribution in [2.24, 2.45) is 5.92 Å². The third-order valence-electron chi connectivity index (χ3n) is 6.18. The molecule has 0 unspecified atom stereocenters. The molecule has 0 aromatic heterocycles. The molecular formula is C26H29N2O2+. The molecule has 154 valence electrons. The van der Waals surface area contributed by atoms with E-state index in [1.165, 1.54) is 4.90 Å². The number of amides is 1. The number of rotatable bonds is 6. The van der Waals surface area contributed by atoms with Crippen LogP contribution in [0.1, 0.15) is 24.0 Å². The lowest BCUT2D eigenvalue weighted by Gasteiger charge is -2.40. The van der Waals surface area contributed by atoms with Gasteiger partial charge in [0.05, 0.1) is 13.1 Å². The number of quaternary nitrogens is 1. The Morgan fingerprint density at radius 2 is 1.30 bits per heavy atom. The zero-order valence-corrected chi connectivity index (χ0v) is 17.1. The third-order valence-corrected chi connectivity index (χ3v) is 6.18. The largest absolute Gasteiger partial charge is 0.380 e. The van der Waals surface area contributed by atoms with Crippen LogP contribution >= 0.6 is 0 Å². The van der Waals surface area contributed by atoms with Gasteiger partial charge in [-0.15, -0.1) is 0 Å². The molecule has 0 spiro atoms. The van der Waals surface area contributed by atoms with Crippen LogP contribution < -0.4 is 10.2 Å². The molecule has 0 aliphatic carbocycles. The van der Waals surface area contributed by atoms with Gasteiger partial charge in [-0.05, 0) is 23.3 Å². The molecule has 1 saturated heterocycles. The standard InChI is InChI=1S/C26H28N2O2/c29-25(27-24-14-8-3-9-15-24)20-28-18-16-23(17-19-28)26(30,21-10-4-1-5-11-21)22-12-6-2-7-13-22/h1-15,23,30H,16-20H2,(H,27,29)/p+1. The molecule has 4 heteroatoms. The molecule has 30 heavy (non-hydrogen) atoms. The molecule has 1 aliphatic rings. The van der Waals surface area contributed by atoms with Crippen molar-refractivity contribution in [3.8, 4) is 0 Å². The molecule has 3 aromatic rings. The fourth-order valence-electron chi connectivity index (χ4n) is 4.60. The van der Waals surface area contributed by atoms with E-state index in [1.807, 2.05) is 91.0 Å². The summed E-state index contributed by atoms with van der Waals surface area (Å²) in [5.41, 5.74) is 1.69. The van der Waals surface area contributed by atoms with Crippen molar-refractivity contribution < 1.29 is 14.8 Å². The van der Waals surface area contributed by atoms with Gasteiger partial charge in [0.25, 0.3) is 5.91 Å². The Balaban J connectivity index is 1.44. The predicted molar refractivity (Wildman–Crippen MR) is 119 cm³/mol. The molecule has 0 radical (unpaired) electrons. The maximum Gasteiger partial charge on any atom is 0.279 e. The van der Waals surface area contributed by atoms with Crippen molar-refractivity contribution in [3.63, 3.8) is 0 Å². The highest BCUT2D eigenvalue weighted by Gasteiger charge is 2.42. The maximum absolute atomic E-state index is 12.4. The highest BCUT2D eigenvalue weighted by atomic mass is 16.3. The zero-order valence-electron chi connectivity index (χ0n) is 17.1. The van der Waals surface area contributed by atoms with Gasteiger partial charge in [0.1, 0.15) is 5.60 Å². The number of carbonyl (C=O) groups is 1. The van der Waals surface area contributed by atoms with Gasteiger partial charge in [0.2, 0.25) is 0 Å². The monoisotopic (exact) mass is 401 g/mol. The van der Waals surface area contributed by atoms with E-state index in [4.69, 9.17) is 0 Å². The SMILES string of the molecule is O=C(C[NH+]1CCC(C(O)(c2ccccc2)c2ccccc2)CC1)Nc1ccccc1. The minimum atomic E-state index is -1.01. The van der Waals surface area contributed by atoms with Crippen LogP contribution in [0.15, 0.2) is 91.0 Å². The number of aliphatic hydroxyl groups is 1. The highest BCUT2D eigenvalue weighted by Crippen LogP contribution is 2.40. The number of carbonyl (C=O) groups excluding carboxylic acids is 1. The molecule has 3 aromatic carbocycles. The second kappa shape index (κ2) is 9.24. The first-order valence-electron chi connectivity index (χ1n) is 10.7. The molecular weight excluding hydrogens is 372 g/mol. The summed E-state index contributed by atoms with van der Waals surface area (Å²) in [4.78, 5) is 13.7. The second-order valence-electron chi connectivity index (χ2n) is 8.11. The molecule has 4 nitrogen and oxygen atoms in total. The predicted octanol–water partition coefficient (Wildman–Crippen LogP) is 2.86. The summed E-state index contributed by atoms with van der Waals surface area (Å²) in [6.07, 6.45) is 1.74. The fraction of sp³-hybridized carbons (Fsp3) is 0.269. The Morgan fingerprint density at radius 3 is 1.80 bits per heavy atom. The van der Waals surface area contributed by atoms with E-state index in [0.29, 0.717) is 6.54 Å². The van der Waals surface area contributed by atoms with Crippen LogP contribution in [0.25, 0.3) is 0 Å². The minimum absolute atomic E-state index is 0.0380. The number of piperidine rings is 1. The topological polar surface area (TPSA) is 53.8 Å². The van der Waals surface area contributed by atoms with Gasteiger partial charge in [-0.1, -0.05) is 78.9 Å². The highest BCUT2D eigenvalue weighted by molar-refractivity contribution is 5.91. The average molecular weight is 402 g/mol. The van der Waals surface area contributed by atoms with Crippen LogP contribution in [-0.2, 0) is 10.4 Å². The molecule has 0 atom stereocenters. The number of benzene rings is 3. The summed E-state index contributed by atoms with van der Waals surface area (Å²) in [6, 6.07) is 29.5. The first-order chi connectivity index (χ1) is 14.7. The van der Waals surface area contributed by atoms with E-state index in [9.17, 15) is 9.90 Å². The van der Waals surface area contributed by atoms with Crippen molar-refractivity contribution in [3.05, 3.63) is 102 Å². The van der Waals surface area contributed by atoms with E-state index in [1.54, 1.807) is 0 Å². The number of likely N-dealkylation sites (tertiary alicyclic amines) is 1. The van der Waals surface area contributed by atoms with Crippen LogP contribution in [0.3, 0.4) is 0 Å². The molecule has 1 fully saturated rings. The summed E-state index contributed by atoms with van der Waals surface area (Å²) in [7, 11) is 0. The van der Waals surface area contributed by atoms with Crippen molar-refractivity contribution in [1.29, 1.82) is 0 Å². The Labute approximate surface area is 178 Å². The van der Waals surface area contributed by atoms with Crippen molar-refractivity contribution in [2.45, 2.75) is 18.4 Å². The van der Waals surface area contributed by atoms with Crippen molar-refractivity contribution >= 4 is 11.6 Å².